The number of alkyl halides is 3. The lowest BCUT2D eigenvalue weighted by atomic mass is 10.3. The van der Waals surface area contributed by atoms with Crippen LogP contribution in [0.4, 0.5) is 35.4 Å². The van der Waals surface area contributed by atoms with E-state index in [0.29, 0.717) is 24.5 Å². The van der Waals surface area contributed by atoms with Crippen LogP contribution < -0.4 is 20.7 Å². The Kier molecular flexibility index (Phi) is 7.38. The first-order valence-electron chi connectivity index (χ1n) is 8.39. The third-order valence-corrected chi connectivity index (χ3v) is 3.30. The molecule has 2 amide bonds. The summed E-state index contributed by atoms with van der Waals surface area (Å²) < 4.78 is 40.6. The van der Waals surface area contributed by atoms with Gasteiger partial charge in [0.25, 0.3) is 0 Å². The smallest absolute Gasteiger partial charge is 0.406 e. The van der Waals surface area contributed by atoms with Crippen LogP contribution in [0.25, 0.3) is 0 Å². The number of rotatable bonds is 8. The summed E-state index contributed by atoms with van der Waals surface area (Å²) in [7, 11) is 0. The van der Waals surface area contributed by atoms with Gasteiger partial charge in [0.05, 0.1) is 0 Å². The van der Waals surface area contributed by atoms with Crippen molar-refractivity contribution in [2.45, 2.75) is 26.1 Å². The molecule has 0 bridgehead atoms. The summed E-state index contributed by atoms with van der Waals surface area (Å²) in [6.07, 6.45) is -3.42. The number of nitrogens with zero attached hydrogens (tertiary/aromatic N) is 2. The number of ether oxygens (including phenoxy) is 1. The molecule has 0 saturated carbocycles. The summed E-state index contributed by atoms with van der Waals surface area (Å²) >= 11 is 0. The van der Waals surface area contributed by atoms with Crippen LogP contribution >= 0.6 is 0 Å². The molecule has 1 heterocycles. The second-order valence-corrected chi connectivity index (χ2v) is 5.73. The molecule has 2 rings (SSSR count). The molecule has 1 aromatic heterocycles. The molecule has 0 unspecified atom stereocenters. The highest BCUT2D eigenvalue weighted by molar-refractivity contribution is 5.98. The number of halogens is 3. The van der Waals surface area contributed by atoms with Gasteiger partial charge in [0, 0.05) is 36.7 Å². The number of nitrogens with one attached hydrogen (secondary N) is 3. The van der Waals surface area contributed by atoms with Gasteiger partial charge in [-0.05, 0) is 31.9 Å². The minimum absolute atomic E-state index is 0.0323. The SMILES string of the molecule is Cc1cc(NCCCCO)nc(NC(=O)Nc2cccc(OC(F)(F)F)c2)n1. The van der Waals surface area contributed by atoms with Gasteiger partial charge in [-0.2, -0.15) is 4.98 Å². The fraction of sp³-hybridized carbons (Fsp3) is 0.353. The van der Waals surface area contributed by atoms with Crippen molar-refractivity contribution < 1.29 is 27.8 Å². The summed E-state index contributed by atoms with van der Waals surface area (Å²) in [5.74, 6) is 0.0811. The zero-order chi connectivity index (χ0) is 20.6. The van der Waals surface area contributed by atoms with E-state index in [0.717, 1.165) is 18.6 Å². The van der Waals surface area contributed by atoms with Gasteiger partial charge in [0.2, 0.25) is 5.95 Å². The van der Waals surface area contributed by atoms with Crippen molar-refractivity contribution in [3.8, 4) is 5.75 Å². The summed E-state index contributed by atoms with van der Waals surface area (Å²) in [4.78, 5) is 20.3. The van der Waals surface area contributed by atoms with Gasteiger partial charge < -0.3 is 20.5 Å². The molecule has 0 atom stereocenters. The van der Waals surface area contributed by atoms with Gasteiger partial charge >= 0.3 is 12.4 Å². The monoisotopic (exact) mass is 399 g/mol. The number of benzene rings is 1. The lowest BCUT2D eigenvalue weighted by Gasteiger charge is -2.12. The fourth-order valence-electron chi connectivity index (χ4n) is 2.20. The number of carbonyl (C=O) groups excluding carboxylic acids is 1. The number of hydrogen-bond donors (Lipinski definition) is 4. The first kappa shape index (κ1) is 21.2. The van der Waals surface area contributed by atoms with E-state index in [1.165, 1.54) is 12.1 Å². The Hall–Kier alpha value is -3.08. The van der Waals surface area contributed by atoms with Crippen molar-refractivity contribution in [2.24, 2.45) is 0 Å². The summed E-state index contributed by atoms with van der Waals surface area (Å²) in [6, 6.07) is 5.86. The Morgan fingerprint density at radius 3 is 2.68 bits per heavy atom. The number of aryl methyl sites for hydroxylation is 1. The van der Waals surface area contributed by atoms with E-state index in [1.54, 1.807) is 13.0 Å². The molecule has 1 aromatic carbocycles. The standard InChI is InChI=1S/C17H20F3N5O3/c1-11-9-14(21-7-2-3-8-26)24-15(22-11)25-16(27)23-12-5-4-6-13(10-12)28-17(18,19)20/h4-6,9-10,26H,2-3,7-8H2,1H3,(H3,21,22,23,24,25,27). The molecule has 0 saturated heterocycles. The van der Waals surface area contributed by atoms with Gasteiger partial charge in [-0.15, -0.1) is 13.2 Å². The van der Waals surface area contributed by atoms with Crippen LogP contribution in [-0.4, -0.2) is 40.6 Å². The summed E-state index contributed by atoms with van der Waals surface area (Å²) in [5.41, 5.74) is 0.713. The van der Waals surface area contributed by atoms with Crippen molar-refractivity contribution in [2.75, 3.05) is 29.1 Å². The van der Waals surface area contributed by atoms with Crippen molar-refractivity contribution in [3.05, 3.63) is 36.0 Å². The number of aliphatic hydroxyl groups excluding tert-OH is 1. The molecule has 0 spiro atoms. The first-order valence-corrected chi connectivity index (χ1v) is 8.39. The zero-order valence-electron chi connectivity index (χ0n) is 15.0. The molecular formula is C17H20F3N5O3. The van der Waals surface area contributed by atoms with Gasteiger partial charge in [0.15, 0.2) is 0 Å². The normalized spacial score (nSPS) is 11.0. The van der Waals surface area contributed by atoms with Gasteiger partial charge in [-0.25, -0.2) is 9.78 Å². The molecule has 0 aliphatic heterocycles. The van der Waals surface area contributed by atoms with Crippen LogP contribution in [0.3, 0.4) is 0 Å². The summed E-state index contributed by atoms with van der Waals surface area (Å²) in [6.45, 7) is 2.42. The molecule has 0 fully saturated rings. The number of unbranched alkanes of at least 4 members (excludes halogenated alkanes) is 1. The number of anilines is 3. The fourth-order valence-corrected chi connectivity index (χ4v) is 2.20. The maximum Gasteiger partial charge on any atom is 0.573 e. The Morgan fingerprint density at radius 1 is 1.18 bits per heavy atom. The van der Waals surface area contributed by atoms with Crippen LogP contribution in [0.2, 0.25) is 0 Å². The summed E-state index contributed by atoms with van der Waals surface area (Å²) in [5, 5.41) is 16.6. The number of hydrogen-bond acceptors (Lipinski definition) is 6. The number of carbonyl (C=O) groups is 1. The van der Waals surface area contributed by atoms with E-state index in [2.05, 4.69) is 30.7 Å². The third kappa shape index (κ3) is 7.66. The van der Waals surface area contributed by atoms with Gasteiger partial charge in [-0.1, -0.05) is 6.07 Å². The van der Waals surface area contributed by atoms with E-state index < -0.39 is 18.1 Å². The highest BCUT2D eigenvalue weighted by Crippen LogP contribution is 2.25. The predicted molar refractivity (Wildman–Crippen MR) is 97.3 cm³/mol. The molecule has 0 radical (unpaired) electrons. The number of urea groups is 1. The Labute approximate surface area is 159 Å². The van der Waals surface area contributed by atoms with E-state index in [1.807, 2.05) is 0 Å². The van der Waals surface area contributed by atoms with Gasteiger partial charge in [-0.3, -0.25) is 5.32 Å². The minimum Gasteiger partial charge on any atom is -0.406 e. The number of amides is 2. The molecule has 152 valence electrons. The Bertz CT molecular complexity index is 802. The Morgan fingerprint density at radius 2 is 1.96 bits per heavy atom. The molecule has 4 N–H and O–H groups in total. The largest absolute Gasteiger partial charge is 0.573 e. The molecular weight excluding hydrogens is 379 g/mol. The number of aliphatic hydroxyl groups is 1. The van der Waals surface area contributed by atoms with Crippen LogP contribution in [0.1, 0.15) is 18.5 Å². The molecule has 28 heavy (non-hydrogen) atoms. The van der Waals surface area contributed by atoms with E-state index in [4.69, 9.17) is 5.11 Å². The maximum absolute atomic E-state index is 12.3. The molecule has 0 aliphatic carbocycles. The first-order chi connectivity index (χ1) is 13.2. The van der Waals surface area contributed by atoms with Crippen LogP contribution in [0.15, 0.2) is 30.3 Å². The molecule has 2 aromatic rings. The van der Waals surface area contributed by atoms with Crippen LogP contribution in [-0.2, 0) is 0 Å². The van der Waals surface area contributed by atoms with Crippen molar-refractivity contribution in [3.63, 3.8) is 0 Å². The van der Waals surface area contributed by atoms with Crippen LogP contribution in [0, 0.1) is 6.92 Å². The predicted octanol–water partition coefficient (Wildman–Crippen LogP) is 3.51. The van der Waals surface area contributed by atoms with E-state index >= 15 is 0 Å². The minimum atomic E-state index is -4.82. The lowest BCUT2D eigenvalue weighted by Crippen LogP contribution is -2.22. The highest BCUT2D eigenvalue weighted by Gasteiger charge is 2.31. The van der Waals surface area contributed by atoms with Gasteiger partial charge in [0.1, 0.15) is 11.6 Å². The highest BCUT2D eigenvalue weighted by atomic mass is 19.4. The third-order valence-electron chi connectivity index (χ3n) is 3.30. The maximum atomic E-state index is 12.3. The Balaban J connectivity index is 1.97. The zero-order valence-corrected chi connectivity index (χ0v) is 15.0. The molecule has 0 aliphatic rings. The van der Waals surface area contributed by atoms with Crippen LogP contribution in [0.5, 0.6) is 5.75 Å². The van der Waals surface area contributed by atoms with Crippen molar-refractivity contribution >= 4 is 23.5 Å². The average molecular weight is 399 g/mol. The molecule has 11 heteroatoms. The van der Waals surface area contributed by atoms with E-state index in [9.17, 15) is 18.0 Å². The topological polar surface area (TPSA) is 108 Å². The molecule has 8 nitrogen and oxygen atoms in total. The quantitative estimate of drug-likeness (QED) is 0.506. The van der Waals surface area contributed by atoms with Crippen molar-refractivity contribution in [1.82, 2.24) is 9.97 Å². The van der Waals surface area contributed by atoms with Crippen molar-refractivity contribution in [1.29, 1.82) is 0 Å². The second kappa shape index (κ2) is 9.74. The van der Waals surface area contributed by atoms with E-state index in [-0.39, 0.29) is 18.2 Å². The average Bonchev–Trinajstić information content (AvgIpc) is 2.57. The second-order valence-electron chi connectivity index (χ2n) is 5.73. The lowest BCUT2D eigenvalue weighted by molar-refractivity contribution is -0.274. The number of aromatic nitrogens is 2.